The van der Waals surface area contributed by atoms with Crippen LogP contribution in [-0.2, 0) is 25.6 Å². The molecule has 0 aliphatic carbocycles. The van der Waals surface area contributed by atoms with E-state index >= 15 is 0 Å². The number of aliphatic hydroxyl groups is 1. The molecule has 0 heterocycles. The van der Waals surface area contributed by atoms with Gasteiger partial charge in [-0.1, -0.05) is 30.3 Å². The van der Waals surface area contributed by atoms with Gasteiger partial charge in [0.1, 0.15) is 18.1 Å². The molecule has 0 aliphatic heterocycles. The molecule has 0 radical (unpaired) electrons. The van der Waals surface area contributed by atoms with E-state index in [-0.39, 0.29) is 17.9 Å². The predicted molar refractivity (Wildman–Crippen MR) is 121 cm³/mol. The van der Waals surface area contributed by atoms with Gasteiger partial charge in [0.2, 0.25) is 17.7 Å². The van der Waals surface area contributed by atoms with Gasteiger partial charge in [0.25, 0.3) is 0 Å². The van der Waals surface area contributed by atoms with Crippen molar-refractivity contribution in [2.45, 2.75) is 43.6 Å². The highest BCUT2D eigenvalue weighted by atomic mass is 32.1. The average molecular weight is 473 g/mol. The standard InChI is InChI=1S/C19H28N4O6S2/c1-10(24)15(23-16(25)12(20)8-30)18(27)22-14(9-31)17(26)21-13(19(28)29)7-11-5-3-2-4-6-11/h2-6,10,12-15,24,30-31H,7-9,20H2,1H3,(H,21,26)(H,22,27)(H,23,25)(H,28,29). The van der Waals surface area contributed by atoms with Crippen LogP contribution >= 0.6 is 25.3 Å². The van der Waals surface area contributed by atoms with Gasteiger partial charge in [0.05, 0.1) is 12.1 Å². The first-order valence-corrected chi connectivity index (χ1v) is 10.7. The Morgan fingerprint density at radius 1 is 0.935 bits per heavy atom. The molecule has 0 saturated heterocycles. The summed E-state index contributed by atoms with van der Waals surface area (Å²) < 4.78 is 0. The quantitative estimate of drug-likeness (QED) is 0.168. The van der Waals surface area contributed by atoms with Crippen LogP contribution in [-0.4, -0.2) is 75.7 Å². The maximum absolute atomic E-state index is 12.6. The third-order valence-electron chi connectivity index (χ3n) is 4.31. The van der Waals surface area contributed by atoms with E-state index in [1.54, 1.807) is 30.3 Å². The smallest absolute Gasteiger partial charge is 0.326 e. The molecule has 3 amide bonds. The Balaban J connectivity index is 2.83. The number of aliphatic carboxylic acids is 1. The van der Waals surface area contributed by atoms with Gasteiger partial charge in [-0.2, -0.15) is 25.3 Å². The van der Waals surface area contributed by atoms with Gasteiger partial charge in [-0.15, -0.1) is 0 Å². The van der Waals surface area contributed by atoms with E-state index < -0.39 is 54.0 Å². The summed E-state index contributed by atoms with van der Waals surface area (Å²) in [4.78, 5) is 48.6. The fraction of sp³-hybridized carbons (Fsp3) is 0.474. The lowest BCUT2D eigenvalue weighted by Crippen LogP contribution is -2.60. The fourth-order valence-electron chi connectivity index (χ4n) is 2.53. The molecule has 0 aliphatic rings. The number of amides is 3. The van der Waals surface area contributed by atoms with Gasteiger partial charge >= 0.3 is 5.97 Å². The Hall–Kier alpha value is -2.28. The second-order valence-electron chi connectivity index (χ2n) is 6.85. The van der Waals surface area contributed by atoms with Crippen LogP contribution in [0.2, 0.25) is 0 Å². The Bertz CT molecular complexity index is 765. The molecule has 5 unspecified atom stereocenters. The average Bonchev–Trinajstić information content (AvgIpc) is 2.74. The lowest BCUT2D eigenvalue weighted by molar-refractivity contribution is -0.142. The minimum absolute atomic E-state index is 0.0274. The van der Waals surface area contributed by atoms with Crippen molar-refractivity contribution >= 4 is 48.9 Å². The number of nitrogens with one attached hydrogen (secondary N) is 3. The molecule has 0 saturated carbocycles. The molecule has 0 bridgehead atoms. The third-order valence-corrected chi connectivity index (χ3v) is 5.07. The van der Waals surface area contributed by atoms with E-state index in [9.17, 15) is 29.4 Å². The summed E-state index contributed by atoms with van der Waals surface area (Å²) in [6, 6.07) is 3.93. The second kappa shape index (κ2) is 13.2. The van der Waals surface area contributed by atoms with Crippen molar-refractivity contribution in [1.29, 1.82) is 0 Å². The van der Waals surface area contributed by atoms with Crippen LogP contribution in [0.3, 0.4) is 0 Å². The van der Waals surface area contributed by atoms with Crippen molar-refractivity contribution in [2.24, 2.45) is 5.73 Å². The molecule has 0 aromatic heterocycles. The van der Waals surface area contributed by atoms with E-state index in [0.717, 1.165) is 0 Å². The first-order valence-electron chi connectivity index (χ1n) is 9.43. The Labute approximate surface area is 191 Å². The number of hydrogen-bond acceptors (Lipinski definition) is 8. The Morgan fingerprint density at radius 3 is 2.00 bits per heavy atom. The highest BCUT2D eigenvalue weighted by molar-refractivity contribution is 7.80. The van der Waals surface area contributed by atoms with Gasteiger partial charge < -0.3 is 31.9 Å². The predicted octanol–water partition coefficient (Wildman–Crippen LogP) is -1.66. The van der Waals surface area contributed by atoms with Gasteiger partial charge in [0, 0.05) is 17.9 Å². The molecule has 1 aromatic rings. The molecular weight excluding hydrogens is 444 g/mol. The summed E-state index contributed by atoms with van der Waals surface area (Å²) in [5.41, 5.74) is 6.26. The number of carbonyl (C=O) groups excluding carboxylic acids is 3. The van der Waals surface area contributed by atoms with Gasteiger partial charge in [-0.05, 0) is 12.5 Å². The summed E-state index contributed by atoms with van der Waals surface area (Å²) in [7, 11) is 0. The number of nitrogens with two attached hydrogens (primary N) is 1. The SMILES string of the molecule is CC(O)C(NC(=O)C(N)CS)C(=O)NC(CS)C(=O)NC(Cc1ccccc1)C(=O)O. The number of carboxylic acids is 1. The van der Waals surface area contributed by atoms with Crippen molar-refractivity contribution in [1.82, 2.24) is 16.0 Å². The molecule has 0 fully saturated rings. The number of thiol groups is 2. The number of hydrogen-bond donors (Lipinski definition) is 8. The zero-order valence-electron chi connectivity index (χ0n) is 16.9. The molecule has 5 atom stereocenters. The first-order chi connectivity index (χ1) is 14.6. The number of rotatable bonds is 12. The van der Waals surface area contributed by atoms with Crippen LogP contribution < -0.4 is 21.7 Å². The third kappa shape index (κ3) is 8.77. The van der Waals surface area contributed by atoms with Crippen LogP contribution in [0.5, 0.6) is 0 Å². The Morgan fingerprint density at radius 2 is 1.52 bits per heavy atom. The molecular formula is C19H28N4O6S2. The number of carboxylic acid groups (broad SMARTS) is 1. The summed E-state index contributed by atoms with van der Waals surface area (Å²) in [6.07, 6.45) is -1.24. The molecule has 12 heteroatoms. The van der Waals surface area contributed by atoms with Crippen LogP contribution in [0.25, 0.3) is 0 Å². The zero-order valence-corrected chi connectivity index (χ0v) is 18.7. The summed E-state index contributed by atoms with van der Waals surface area (Å²) in [5.74, 6) is -3.67. The number of benzene rings is 1. The molecule has 0 spiro atoms. The van der Waals surface area contributed by atoms with Crippen LogP contribution in [0.4, 0.5) is 0 Å². The first kappa shape index (κ1) is 26.8. The van der Waals surface area contributed by atoms with E-state index in [4.69, 9.17) is 5.73 Å². The van der Waals surface area contributed by atoms with Crippen molar-refractivity contribution in [3.05, 3.63) is 35.9 Å². The lowest BCUT2D eigenvalue weighted by Gasteiger charge is -2.25. The molecule has 10 nitrogen and oxygen atoms in total. The zero-order chi connectivity index (χ0) is 23.6. The van der Waals surface area contributed by atoms with Crippen molar-refractivity contribution in [3.63, 3.8) is 0 Å². The summed E-state index contributed by atoms with van der Waals surface area (Å²) in [5, 5.41) is 26.3. The fourth-order valence-corrected chi connectivity index (χ4v) is 2.95. The van der Waals surface area contributed by atoms with E-state index in [2.05, 4.69) is 41.2 Å². The number of carbonyl (C=O) groups is 4. The molecule has 1 aromatic carbocycles. The largest absolute Gasteiger partial charge is 0.480 e. The van der Waals surface area contributed by atoms with Crippen molar-refractivity contribution in [2.75, 3.05) is 11.5 Å². The lowest BCUT2D eigenvalue weighted by atomic mass is 10.1. The van der Waals surface area contributed by atoms with E-state index in [1.165, 1.54) is 6.92 Å². The van der Waals surface area contributed by atoms with Crippen molar-refractivity contribution < 1.29 is 29.4 Å². The highest BCUT2D eigenvalue weighted by Crippen LogP contribution is 2.05. The minimum Gasteiger partial charge on any atom is -0.480 e. The number of aliphatic hydroxyl groups excluding tert-OH is 1. The molecule has 1 rings (SSSR count). The highest BCUT2D eigenvalue weighted by Gasteiger charge is 2.31. The molecule has 31 heavy (non-hydrogen) atoms. The van der Waals surface area contributed by atoms with E-state index in [0.29, 0.717) is 5.56 Å². The molecule has 172 valence electrons. The monoisotopic (exact) mass is 472 g/mol. The van der Waals surface area contributed by atoms with Gasteiger partial charge in [-0.25, -0.2) is 4.79 Å². The van der Waals surface area contributed by atoms with Crippen LogP contribution in [0, 0.1) is 0 Å². The normalized spacial score (nSPS) is 15.6. The van der Waals surface area contributed by atoms with E-state index in [1.807, 2.05) is 0 Å². The van der Waals surface area contributed by atoms with Gasteiger partial charge in [-0.3, -0.25) is 14.4 Å². The van der Waals surface area contributed by atoms with Gasteiger partial charge in [0.15, 0.2) is 0 Å². The topological polar surface area (TPSA) is 171 Å². The van der Waals surface area contributed by atoms with Crippen LogP contribution in [0.15, 0.2) is 30.3 Å². The summed E-state index contributed by atoms with van der Waals surface area (Å²) in [6.45, 7) is 1.28. The Kier molecular flexibility index (Phi) is 11.4. The second-order valence-corrected chi connectivity index (χ2v) is 7.58. The summed E-state index contributed by atoms with van der Waals surface area (Å²) >= 11 is 7.94. The van der Waals surface area contributed by atoms with Crippen molar-refractivity contribution in [3.8, 4) is 0 Å². The maximum Gasteiger partial charge on any atom is 0.326 e. The maximum atomic E-state index is 12.6. The minimum atomic E-state index is -1.38. The molecule has 7 N–H and O–H groups in total. The van der Waals surface area contributed by atoms with Crippen LogP contribution in [0.1, 0.15) is 12.5 Å².